The van der Waals surface area contributed by atoms with E-state index in [1.807, 2.05) is 9.58 Å². The van der Waals surface area contributed by atoms with Gasteiger partial charge in [0, 0.05) is 13.1 Å². The molecular weight excluding hydrogens is 338 g/mol. The first kappa shape index (κ1) is 14.8. The van der Waals surface area contributed by atoms with E-state index in [1.54, 1.807) is 6.20 Å². The number of nitrogen functional groups attached to an aromatic ring is 1. The third-order valence-electron chi connectivity index (χ3n) is 4.02. The third kappa shape index (κ3) is 2.91. The molecule has 9 nitrogen and oxygen atoms in total. The summed E-state index contributed by atoms with van der Waals surface area (Å²) in [5.74, 6) is 0.409. The Balaban J connectivity index is 1.40. The number of hydrogen-bond acceptors (Lipinski definition) is 9. The number of rotatable bonds is 3. The number of aromatic nitrogens is 5. The predicted octanol–water partition coefficient (Wildman–Crippen LogP) is 0.176. The van der Waals surface area contributed by atoms with Gasteiger partial charge in [0.2, 0.25) is 11.0 Å². The predicted molar refractivity (Wildman–Crippen MR) is 83.9 cm³/mol. The smallest absolute Gasteiger partial charge is 0.233 e. The second-order valence-corrected chi connectivity index (χ2v) is 7.64. The maximum Gasteiger partial charge on any atom is 0.233 e. The molecule has 0 saturated carbocycles. The van der Waals surface area contributed by atoms with Gasteiger partial charge in [0.1, 0.15) is 0 Å². The molecule has 2 aromatic heterocycles. The molecule has 2 aliphatic heterocycles. The van der Waals surface area contributed by atoms with Crippen LogP contribution in [0.25, 0.3) is 0 Å². The molecule has 2 aromatic rings. The summed E-state index contributed by atoms with van der Waals surface area (Å²) in [5.41, 5.74) is 6.50. The monoisotopic (exact) mass is 353 g/mol. The average Bonchev–Trinajstić information content (AvgIpc) is 3.20. The molecule has 2 atom stereocenters. The van der Waals surface area contributed by atoms with Crippen LogP contribution in [0.1, 0.15) is 18.2 Å². The molecule has 122 valence electrons. The lowest BCUT2D eigenvalue weighted by Crippen LogP contribution is -2.50. The fourth-order valence-electron chi connectivity index (χ4n) is 2.90. The molecule has 11 heteroatoms. The topological polar surface area (TPSA) is 112 Å². The van der Waals surface area contributed by atoms with Gasteiger partial charge in [-0.2, -0.15) is 0 Å². The van der Waals surface area contributed by atoms with Gasteiger partial charge in [0.05, 0.1) is 36.4 Å². The Kier molecular flexibility index (Phi) is 3.91. The van der Waals surface area contributed by atoms with E-state index in [0.717, 1.165) is 12.1 Å². The van der Waals surface area contributed by atoms with Crippen molar-refractivity contribution in [1.29, 1.82) is 0 Å². The molecular formula is C12H15N7O2S2. The fourth-order valence-corrected chi connectivity index (χ4v) is 4.44. The van der Waals surface area contributed by atoms with Crippen LogP contribution in [0, 0.1) is 0 Å². The highest BCUT2D eigenvalue weighted by Crippen LogP contribution is 2.31. The van der Waals surface area contributed by atoms with E-state index >= 15 is 0 Å². The lowest BCUT2D eigenvalue weighted by Gasteiger charge is -2.40. The first-order valence-electron chi connectivity index (χ1n) is 7.21. The minimum atomic E-state index is 0.0427. The lowest BCUT2D eigenvalue weighted by molar-refractivity contribution is -0.135. The largest absolute Gasteiger partial charge is 0.374 e. The number of piperidine rings is 1. The normalized spacial score (nSPS) is 23.4. The van der Waals surface area contributed by atoms with Crippen LogP contribution in [-0.2, 0) is 16.1 Å². The highest BCUT2D eigenvalue weighted by atomic mass is 32.2. The van der Waals surface area contributed by atoms with Crippen LogP contribution in [0.15, 0.2) is 10.5 Å². The molecule has 0 radical (unpaired) electrons. The van der Waals surface area contributed by atoms with Crippen molar-refractivity contribution < 1.29 is 9.53 Å². The summed E-state index contributed by atoms with van der Waals surface area (Å²) in [6.45, 7) is 1.83. The summed E-state index contributed by atoms with van der Waals surface area (Å²) in [4.78, 5) is 14.3. The standard InChI is InChI=1S/C12H15N7O2S2/c13-11-15-16-12(23-11)22-6-10(20)18-2-1-9-8(4-18)19-7(5-21-9)3-14-17-19/h3,8-9H,1-2,4-6H2,(H2,13,15)/t8-,9+/m1/s1. The summed E-state index contributed by atoms with van der Waals surface area (Å²) >= 11 is 2.66. The van der Waals surface area contributed by atoms with Crippen molar-refractivity contribution in [2.75, 3.05) is 24.6 Å². The van der Waals surface area contributed by atoms with Crippen molar-refractivity contribution in [3.8, 4) is 0 Å². The molecule has 0 spiro atoms. The number of nitrogens with two attached hydrogens (primary N) is 1. The highest BCUT2D eigenvalue weighted by molar-refractivity contribution is 8.01. The number of ether oxygens (including phenoxy) is 1. The Morgan fingerprint density at radius 1 is 1.52 bits per heavy atom. The Morgan fingerprint density at radius 3 is 3.26 bits per heavy atom. The Morgan fingerprint density at radius 2 is 2.43 bits per heavy atom. The zero-order valence-corrected chi connectivity index (χ0v) is 13.8. The molecule has 4 rings (SSSR count). The van der Waals surface area contributed by atoms with E-state index in [9.17, 15) is 4.79 Å². The van der Waals surface area contributed by atoms with Gasteiger partial charge in [0.25, 0.3) is 0 Å². The van der Waals surface area contributed by atoms with Gasteiger partial charge in [-0.25, -0.2) is 4.68 Å². The summed E-state index contributed by atoms with van der Waals surface area (Å²) in [5, 5.41) is 16.2. The Labute approximate surface area is 140 Å². The molecule has 0 aliphatic carbocycles. The molecule has 2 aliphatic rings. The fraction of sp³-hybridized carbons (Fsp3) is 0.583. The second-order valence-electron chi connectivity index (χ2n) is 5.41. The van der Waals surface area contributed by atoms with Gasteiger partial charge < -0.3 is 15.4 Å². The van der Waals surface area contributed by atoms with E-state index in [1.165, 1.54) is 23.1 Å². The summed E-state index contributed by atoms with van der Waals surface area (Å²) in [6, 6.07) is 0.0427. The quantitative estimate of drug-likeness (QED) is 0.778. The van der Waals surface area contributed by atoms with Crippen LogP contribution in [0.2, 0.25) is 0 Å². The minimum Gasteiger partial charge on any atom is -0.374 e. The number of likely N-dealkylation sites (tertiary alicyclic amines) is 1. The first-order valence-corrected chi connectivity index (χ1v) is 9.01. The van der Waals surface area contributed by atoms with Crippen LogP contribution in [0.4, 0.5) is 5.13 Å². The number of nitrogens with zero attached hydrogens (tertiary/aromatic N) is 6. The van der Waals surface area contributed by atoms with Crippen LogP contribution in [-0.4, -0.2) is 60.9 Å². The van der Waals surface area contributed by atoms with Gasteiger partial charge in [0.15, 0.2) is 4.34 Å². The highest BCUT2D eigenvalue weighted by Gasteiger charge is 2.37. The summed E-state index contributed by atoms with van der Waals surface area (Å²) < 4.78 is 8.46. The van der Waals surface area contributed by atoms with Crippen molar-refractivity contribution >= 4 is 34.1 Å². The van der Waals surface area contributed by atoms with Crippen molar-refractivity contribution in [3.05, 3.63) is 11.9 Å². The molecule has 23 heavy (non-hydrogen) atoms. The summed E-state index contributed by atoms with van der Waals surface area (Å²) in [6.07, 6.45) is 2.63. The maximum atomic E-state index is 12.4. The van der Waals surface area contributed by atoms with Crippen molar-refractivity contribution in [1.82, 2.24) is 30.1 Å². The van der Waals surface area contributed by atoms with Gasteiger partial charge in [-0.05, 0) is 6.42 Å². The molecule has 1 fully saturated rings. The number of amides is 1. The van der Waals surface area contributed by atoms with E-state index < -0.39 is 0 Å². The minimum absolute atomic E-state index is 0.0427. The SMILES string of the molecule is Nc1nnc(SCC(=O)N2CC[C@@H]3OCc4cnnn4[C@@H]3C2)s1. The van der Waals surface area contributed by atoms with E-state index in [2.05, 4.69) is 20.5 Å². The van der Waals surface area contributed by atoms with E-state index in [0.29, 0.717) is 34.9 Å². The zero-order chi connectivity index (χ0) is 15.8. The van der Waals surface area contributed by atoms with Gasteiger partial charge in [-0.15, -0.1) is 15.3 Å². The third-order valence-corrected chi connectivity index (χ3v) is 5.89. The molecule has 2 N–H and O–H groups in total. The number of thioether (sulfide) groups is 1. The molecule has 1 saturated heterocycles. The van der Waals surface area contributed by atoms with Crippen LogP contribution < -0.4 is 5.73 Å². The van der Waals surface area contributed by atoms with Gasteiger partial charge in [-0.1, -0.05) is 28.3 Å². The van der Waals surface area contributed by atoms with E-state index in [-0.39, 0.29) is 18.1 Å². The van der Waals surface area contributed by atoms with Crippen LogP contribution in [0.5, 0.6) is 0 Å². The van der Waals surface area contributed by atoms with E-state index in [4.69, 9.17) is 10.5 Å². The Hall–Kier alpha value is -1.72. The summed E-state index contributed by atoms with van der Waals surface area (Å²) in [7, 11) is 0. The van der Waals surface area contributed by atoms with Crippen LogP contribution >= 0.6 is 23.1 Å². The molecule has 4 heterocycles. The first-order chi connectivity index (χ1) is 11.2. The number of carbonyl (C=O) groups excluding carboxylic acids is 1. The molecule has 0 bridgehead atoms. The molecule has 0 aromatic carbocycles. The zero-order valence-electron chi connectivity index (χ0n) is 12.2. The number of anilines is 1. The van der Waals surface area contributed by atoms with Crippen molar-refractivity contribution in [3.63, 3.8) is 0 Å². The second kappa shape index (κ2) is 6.06. The van der Waals surface area contributed by atoms with Crippen molar-refractivity contribution in [2.45, 2.75) is 29.5 Å². The average molecular weight is 353 g/mol. The van der Waals surface area contributed by atoms with Gasteiger partial charge in [-0.3, -0.25) is 4.79 Å². The van der Waals surface area contributed by atoms with Crippen molar-refractivity contribution in [2.24, 2.45) is 0 Å². The molecule has 0 unspecified atom stereocenters. The van der Waals surface area contributed by atoms with Crippen LogP contribution in [0.3, 0.4) is 0 Å². The maximum absolute atomic E-state index is 12.4. The number of fused-ring (bicyclic) bond motifs is 3. The molecule has 1 amide bonds. The number of carbonyl (C=O) groups is 1. The Bertz CT molecular complexity index is 718. The van der Waals surface area contributed by atoms with Gasteiger partial charge >= 0.3 is 0 Å². The number of hydrogen-bond donors (Lipinski definition) is 1. The lowest BCUT2D eigenvalue weighted by atomic mass is 10.0.